The number of halogens is 2. The van der Waals surface area contributed by atoms with Gasteiger partial charge in [-0.25, -0.2) is 0 Å². The van der Waals surface area contributed by atoms with Crippen LogP contribution in [0.5, 0.6) is 0 Å². The molecule has 0 fully saturated rings. The number of rotatable bonds is 4. The Morgan fingerprint density at radius 2 is 2.11 bits per heavy atom. The topological polar surface area (TPSA) is 52.9 Å². The molecule has 1 aromatic carbocycles. The summed E-state index contributed by atoms with van der Waals surface area (Å²) in [7, 11) is 0. The Kier molecular flexibility index (Phi) is 5.18. The van der Waals surface area contributed by atoms with Crippen LogP contribution in [-0.2, 0) is 0 Å². The van der Waals surface area contributed by atoms with E-state index in [2.05, 4.69) is 27.3 Å². The molecule has 5 heteroatoms. The lowest BCUT2D eigenvalue weighted by Gasteiger charge is -2.24. The Hall–Kier alpha value is -1.05. The van der Waals surface area contributed by atoms with E-state index in [-0.39, 0.29) is 5.91 Å². The predicted molar refractivity (Wildman–Crippen MR) is 75.5 cm³/mol. The summed E-state index contributed by atoms with van der Waals surface area (Å²) in [4.78, 5) is 12.1. The van der Waals surface area contributed by atoms with Crippen molar-refractivity contribution in [1.82, 2.24) is 5.32 Å². The van der Waals surface area contributed by atoms with Crippen molar-refractivity contribution in [3.63, 3.8) is 0 Å². The van der Waals surface area contributed by atoms with E-state index < -0.39 is 5.54 Å². The second-order valence-electron chi connectivity index (χ2n) is 3.98. The number of hydrogen-bond acceptors (Lipinski definition) is 2. The van der Waals surface area contributed by atoms with Crippen molar-refractivity contribution >= 4 is 33.4 Å². The molecule has 0 aliphatic heterocycles. The molecule has 3 nitrogen and oxygen atoms in total. The molecule has 1 N–H and O–H groups in total. The molecule has 96 valence electrons. The fourth-order valence-electron chi connectivity index (χ4n) is 1.54. The molecule has 0 unspecified atom stereocenters. The van der Waals surface area contributed by atoms with Crippen LogP contribution >= 0.6 is 27.5 Å². The molecule has 0 atom stereocenters. The monoisotopic (exact) mass is 328 g/mol. The van der Waals surface area contributed by atoms with Crippen molar-refractivity contribution in [2.75, 3.05) is 0 Å². The minimum atomic E-state index is -0.809. The van der Waals surface area contributed by atoms with Crippen LogP contribution in [0.4, 0.5) is 0 Å². The highest BCUT2D eigenvalue weighted by molar-refractivity contribution is 9.10. The molecular weight excluding hydrogens is 316 g/mol. The molecule has 0 radical (unpaired) electrons. The molecule has 0 aromatic heterocycles. The Morgan fingerprint density at radius 1 is 1.50 bits per heavy atom. The van der Waals surface area contributed by atoms with E-state index in [0.29, 0.717) is 23.4 Å². The normalized spacial score (nSPS) is 10.8. The molecule has 0 bridgehead atoms. The van der Waals surface area contributed by atoms with E-state index in [9.17, 15) is 10.1 Å². The summed E-state index contributed by atoms with van der Waals surface area (Å²) in [5.41, 5.74) is -0.360. The van der Waals surface area contributed by atoms with Crippen LogP contribution < -0.4 is 5.32 Å². The third kappa shape index (κ3) is 3.24. The largest absolute Gasteiger partial charge is 0.334 e. The van der Waals surface area contributed by atoms with Gasteiger partial charge in [0.15, 0.2) is 0 Å². The lowest BCUT2D eigenvalue weighted by Crippen LogP contribution is -2.46. The highest BCUT2D eigenvalue weighted by Gasteiger charge is 2.28. The first kappa shape index (κ1) is 15.0. The standard InChI is InChI=1S/C13H14BrClN2O/c1-3-13(4-2,8-16)17-12(18)9-5-6-10(14)11(15)7-9/h5-7H,3-4H2,1-2H3,(H,17,18). The smallest absolute Gasteiger partial charge is 0.252 e. The van der Waals surface area contributed by atoms with Crippen molar-refractivity contribution in [1.29, 1.82) is 5.26 Å². The maximum atomic E-state index is 12.1. The Balaban J connectivity index is 2.95. The number of amides is 1. The van der Waals surface area contributed by atoms with Gasteiger partial charge in [0, 0.05) is 10.0 Å². The number of carbonyl (C=O) groups is 1. The molecule has 1 aromatic rings. The Bertz CT molecular complexity index is 492. The van der Waals surface area contributed by atoms with E-state index in [1.165, 1.54) is 0 Å². The summed E-state index contributed by atoms with van der Waals surface area (Å²) in [5, 5.41) is 12.4. The third-order valence-electron chi connectivity index (χ3n) is 2.96. The van der Waals surface area contributed by atoms with Gasteiger partial charge in [0.05, 0.1) is 11.1 Å². The number of hydrogen-bond donors (Lipinski definition) is 1. The van der Waals surface area contributed by atoms with Crippen LogP contribution in [0, 0.1) is 11.3 Å². The van der Waals surface area contributed by atoms with Gasteiger partial charge in [-0.3, -0.25) is 4.79 Å². The molecule has 0 saturated carbocycles. The van der Waals surface area contributed by atoms with Gasteiger partial charge < -0.3 is 5.32 Å². The second kappa shape index (κ2) is 6.21. The van der Waals surface area contributed by atoms with Crippen LogP contribution in [0.25, 0.3) is 0 Å². The average molecular weight is 330 g/mol. The average Bonchev–Trinajstić information content (AvgIpc) is 2.39. The van der Waals surface area contributed by atoms with Crippen LogP contribution in [0.2, 0.25) is 5.02 Å². The van der Waals surface area contributed by atoms with Gasteiger partial charge in [0.25, 0.3) is 5.91 Å². The van der Waals surface area contributed by atoms with Crippen LogP contribution in [0.3, 0.4) is 0 Å². The fourth-order valence-corrected chi connectivity index (χ4v) is 1.97. The number of carbonyl (C=O) groups excluding carboxylic acids is 1. The van der Waals surface area contributed by atoms with Crippen LogP contribution in [0.15, 0.2) is 22.7 Å². The number of nitriles is 1. The van der Waals surface area contributed by atoms with E-state index >= 15 is 0 Å². The second-order valence-corrected chi connectivity index (χ2v) is 5.25. The summed E-state index contributed by atoms with van der Waals surface area (Å²) >= 11 is 9.20. The first-order chi connectivity index (χ1) is 8.48. The first-order valence-electron chi connectivity index (χ1n) is 5.67. The molecule has 0 heterocycles. The molecule has 1 amide bonds. The van der Waals surface area contributed by atoms with Gasteiger partial charge >= 0.3 is 0 Å². The highest BCUT2D eigenvalue weighted by Crippen LogP contribution is 2.23. The number of nitrogens with one attached hydrogen (secondary N) is 1. The van der Waals surface area contributed by atoms with E-state index in [0.717, 1.165) is 4.47 Å². The minimum Gasteiger partial charge on any atom is -0.334 e. The fraction of sp³-hybridized carbons (Fsp3) is 0.385. The molecule has 1 rings (SSSR count). The van der Waals surface area contributed by atoms with Crippen molar-refractivity contribution in [2.24, 2.45) is 0 Å². The van der Waals surface area contributed by atoms with Gasteiger partial charge in [-0.05, 0) is 47.0 Å². The van der Waals surface area contributed by atoms with Gasteiger partial charge in [-0.1, -0.05) is 25.4 Å². The molecular formula is C13H14BrClN2O. The Morgan fingerprint density at radius 3 is 2.56 bits per heavy atom. The van der Waals surface area contributed by atoms with E-state index in [1.807, 2.05) is 13.8 Å². The molecule has 0 saturated heterocycles. The summed E-state index contributed by atoms with van der Waals surface area (Å²) in [6.45, 7) is 3.75. The lowest BCUT2D eigenvalue weighted by atomic mass is 9.94. The van der Waals surface area contributed by atoms with Crippen LogP contribution in [0.1, 0.15) is 37.0 Å². The van der Waals surface area contributed by atoms with Crippen molar-refractivity contribution < 1.29 is 4.79 Å². The zero-order valence-electron chi connectivity index (χ0n) is 10.3. The quantitative estimate of drug-likeness (QED) is 0.910. The molecule has 0 aliphatic rings. The van der Waals surface area contributed by atoms with Gasteiger partial charge in [0.1, 0.15) is 5.54 Å². The summed E-state index contributed by atoms with van der Waals surface area (Å²) < 4.78 is 0.734. The maximum Gasteiger partial charge on any atom is 0.252 e. The predicted octanol–water partition coefficient (Wildman–Crippen LogP) is 3.91. The summed E-state index contributed by atoms with van der Waals surface area (Å²) in [5.74, 6) is -0.283. The highest BCUT2D eigenvalue weighted by atomic mass is 79.9. The SMILES string of the molecule is CCC(C#N)(CC)NC(=O)c1ccc(Br)c(Cl)c1. The first-order valence-corrected chi connectivity index (χ1v) is 6.84. The van der Waals surface area contributed by atoms with Gasteiger partial charge in [-0.15, -0.1) is 0 Å². The summed E-state index contributed by atoms with van der Waals surface area (Å²) in [6.07, 6.45) is 1.13. The van der Waals surface area contributed by atoms with Crippen molar-refractivity contribution in [3.8, 4) is 6.07 Å². The van der Waals surface area contributed by atoms with Gasteiger partial charge in [0.2, 0.25) is 0 Å². The molecule has 0 aliphatic carbocycles. The van der Waals surface area contributed by atoms with Crippen molar-refractivity contribution in [2.45, 2.75) is 32.2 Å². The third-order valence-corrected chi connectivity index (χ3v) is 4.19. The minimum absolute atomic E-state index is 0.283. The Labute approximate surface area is 120 Å². The number of nitrogens with zero attached hydrogens (tertiary/aromatic N) is 1. The maximum absolute atomic E-state index is 12.1. The molecule has 18 heavy (non-hydrogen) atoms. The van der Waals surface area contributed by atoms with E-state index in [1.54, 1.807) is 18.2 Å². The van der Waals surface area contributed by atoms with Crippen LogP contribution in [-0.4, -0.2) is 11.4 Å². The number of benzene rings is 1. The summed E-state index contributed by atoms with van der Waals surface area (Å²) in [6, 6.07) is 7.12. The molecule has 0 spiro atoms. The zero-order valence-corrected chi connectivity index (χ0v) is 12.6. The van der Waals surface area contributed by atoms with Crippen molar-refractivity contribution in [3.05, 3.63) is 33.3 Å². The van der Waals surface area contributed by atoms with E-state index in [4.69, 9.17) is 11.6 Å². The lowest BCUT2D eigenvalue weighted by molar-refractivity contribution is 0.0915. The zero-order chi connectivity index (χ0) is 13.8. The van der Waals surface area contributed by atoms with Gasteiger partial charge in [-0.2, -0.15) is 5.26 Å².